The minimum Gasteiger partial charge on any atom is -0.379 e. The molecule has 0 spiro atoms. The lowest BCUT2D eigenvalue weighted by atomic mass is 10.4. The van der Waals surface area contributed by atoms with Crippen LogP contribution in [0.25, 0.3) is 0 Å². The molecule has 9 heavy (non-hydrogen) atoms. The quantitative estimate of drug-likeness (QED) is 0.348. The van der Waals surface area contributed by atoms with E-state index in [1.54, 1.807) is 0 Å². The Kier molecular flexibility index (Phi) is 6.48. The van der Waals surface area contributed by atoms with Crippen molar-refractivity contribution in [3.63, 3.8) is 0 Å². The molecule has 0 aromatic rings. The largest absolute Gasteiger partial charge is 0.379 e. The predicted molar refractivity (Wildman–Crippen MR) is 39.6 cm³/mol. The van der Waals surface area contributed by atoms with Crippen molar-refractivity contribution in [1.82, 2.24) is 5.32 Å². The second-order valence-corrected chi connectivity index (χ2v) is 2.30. The maximum atomic E-state index is 8.93. The fourth-order valence-electron chi connectivity index (χ4n) is 0.480. The fourth-order valence-corrected chi connectivity index (χ4v) is 0.613. The molecule has 0 aliphatic heterocycles. The van der Waals surface area contributed by atoms with E-state index in [-0.39, 0.29) is 6.23 Å². The van der Waals surface area contributed by atoms with Crippen LogP contribution in [0, 0.1) is 0 Å². The van der Waals surface area contributed by atoms with Gasteiger partial charge in [-0.3, -0.25) is 5.32 Å². The van der Waals surface area contributed by atoms with Crippen LogP contribution in [0.4, 0.5) is 0 Å². The number of halogens is 1. The monoisotopic (exact) mass is 151 g/mol. The van der Waals surface area contributed by atoms with Crippen LogP contribution in [-0.4, -0.2) is 23.8 Å². The standard InChI is InChI=1S/C6H14ClNO/c1-2-6(9)8-5-3-4-7/h6,8-9H,2-5H2,1H3/t6-/m1/s1. The van der Waals surface area contributed by atoms with E-state index in [4.69, 9.17) is 16.7 Å². The van der Waals surface area contributed by atoms with Crippen molar-refractivity contribution in [3.05, 3.63) is 0 Å². The SMILES string of the molecule is CC[C@@H](O)NCCCCl. The van der Waals surface area contributed by atoms with Crippen molar-refractivity contribution < 1.29 is 5.11 Å². The van der Waals surface area contributed by atoms with Gasteiger partial charge in [-0.2, -0.15) is 0 Å². The van der Waals surface area contributed by atoms with Gasteiger partial charge in [0.05, 0.1) is 0 Å². The lowest BCUT2D eigenvalue weighted by Gasteiger charge is -2.07. The fraction of sp³-hybridized carbons (Fsp3) is 1.00. The molecular weight excluding hydrogens is 138 g/mol. The van der Waals surface area contributed by atoms with Crippen molar-refractivity contribution in [3.8, 4) is 0 Å². The van der Waals surface area contributed by atoms with Crippen LogP contribution in [0.2, 0.25) is 0 Å². The van der Waals surface area contributed by atoms with Gasteiger partial charge in [0.25, 0.3) is 0 Å². The summed E-state index contributed by atoms with van der Waals surface area (Å²) in [6, 6.07) is 0. The summed E-state index contributed by atoms with van der Waals surface area (Å²) in [6.45, 7) is 2.73. The molecule has 3 heteroatoms. The molecule has 0 fully saturated rings. The molecule has 0 aromatic carbocycles. The number of hydrogen-bond acceptors (Lipinski definition) is 2. The van der Waals surface area contributed by atoms with Crippen LogP contribution in [0.3, 0.4) is 0 Å². The van der Waals surface area contributed by atoms with E-state index in [1.165, 1.54) is 0 Å². The van der Waals surface area contributed by atoms with Gasteiger partial charge in [0.15, 0.2) is 0 Å². The Morgan fingerprint density at radius 3 is 2.78 bits per heavy atom. The highest BCUT2D eigenvalue weighted by molar-refractivity contribution is 6.17. The average Bonchev–Trinajstić information content (AvgIpc) is 1.89. The van der Waals surface area contributed by atoms with Crippen molar-refractivity contribution in [2.75, 3.05) is 12.4 Å². The number of rotatable bonds is 5. The van der Waals surface area contributed by atoms with Crippen LogP contribution >= 0.6 is 11.6 Å². The highest BCUT2D eigenvalue weighted by atomic mass is 35.5. The first-order valence-electron chi connectivity index (χ1n) is 3.28. The van der Waals surface area contributed by atoms with Crippen molar-refractivity contribution in [2.45, 2.75) is 26.0 Å². The zero-order valence-electron chi connectivity index (χ0n) is 5.73. The first kappa shape index (κ1) is 9.21. The van der Waals surface area contributed by atoms with Gasteiger partial charge in [0, 0.05) is 5.88 Å². The molecule has 0 aromatic heterocycles. The minimum absolute atomic E-state index is 0.354. The molecule has 2 nitrogen and oxygen atoms in total. The summed E-state index contributed by atoms with van der Waals surface area (Å²) in [7, 11) is 0. The van der Waals surface area contributed by atoms with E-state index in [0.29, 0.717) is 5.88 Å². The summed E-state index contributed by atoms with van der Waals surface area (Å²) in [4.78, 5) is 0. The van der Waals surface area contributed by atoms with Gasteiger partial charge >= 0.3 is 0 Å². The maximum Gasteiger partial charge on any atom is 0.104 e. The molecule has 0 unspecified atom stereocenters. The van der Waals surface area contributed by atoms with E-state index in [9.17, 15) is 0 Å². The number of hydrogen-bond donors (Lipinski definition) is 2. The Hall–Kier alpha value is 0.210. The molecule has 0 heterocycles. The molecule has 0 radical (unpaired) electrons. The molecule has 0 saturated heterocycles. The Balaban J connectivity index is 2.88. The third kappa shape index (κ3) is 6.09. The van der Waals surface area contributed by atoms with Gasteiger partial charge in [-0.05, 0) is 19.4 Å². The molecule has 0 saturated carbocycles. The van der Waals surface area contributed by atoms with Gasteiger partial charge in [-0.25, -0.2) is 0 Å². The second kappa shape index (κ2) is 6.33. The van der Waals surface area contributed by atoms with Crippen LogP contribution in [-0.2, 0) is 0 Å². The lowest BCUT2D eigenvalue weighted by Crippen LogP contribution is -2.28. The zero-order valence-corrected chi connectivity index (χ0v) is 6.49. The van der Waals surface area contributed by atoms with Crippen LogP contribution in [0.15, 0.2) is 0 Å². The van der Waals surface area contributed by atoms with Gasteiger partial charge in [0.1, 0.15) is 6.23 Å². The summed E-state index contributed by atoms with van der Waals surface area (Å²) < 4.78 is 0. The predicted octanol–water partition coefficient (Wildman–Crippen LogP) is 0.933. The zero-order chi connectivity index (χ0) is 7.11. The number of aliphatic hydroxyl groups is 1. The van der Waals surface area contributed by atoms with Crippen LogP contribution in [0.5, 0.6) is 0 Å². The molecule has 0 bridgehead atoms. The van der Waals surface area contributed by atoms with Gasteiger partial charge in [0.2, 0.25) is 0 Å². The lowest BCUT2D eigenvalue weighted by molar-refractivity contribution is 0.133. The first-order chi connectivity index (χ1) is 4.31. The van der Waals surface area contributed by atoms with Crippen molar-refractivity contribution in [2.24, 2.45) is 0 Å². The summed E-state index contributed by atoms with van der Waals surface area (Å²) in [5.41, 5.74) is 0. The Morgan fingerprint density at radius 2 is 2.33 bits per heavy atom. The van der Waals surface area contributed by atoms with Crippen molar-refractivity contribution in [1.29, 1.82) is 0 Å². The number of nitrogens with one attached hydrogen (secondary N) is 1. The molecule has 0 amide bonds. The summed E-state index contributed by atoms with van der Waals surface area (Å²) >= 11 is 5.41. The molecule has 56 valence electrons. The van der Waals surface area contributed by atoms with Crippen LogP contribution < -0.4 is 5.32 Å². The van der Waals surface area contributed by atoms with E-state index in [0.717, 1.165) is 19.4 Å². The molecule has 0 aliphatic carbocycles. The number of alkyl halides is 1. The van der Waals surface area contributed by atoms with Gasteiger partial charge < -0.3 is 5.11 Å². The van der Waals surface area contributed by atoms with E-state index in [2.05, 4.69) is 5.32 Å². The van der Waals surface area contributed by atoms with Gasteiger partial charge in [-0.1, -0.05) is 6.92 Å². The summed E-state index contributed by atoms with van der Waals surface area (Å²) in [5.74, 6) is 0.656. The molecule has 2 N–H and O–H groups in total. The van der Waals surface area contributed by atoms with Crippen LogP contribution in [0.1, 0.15) is 19.8 Å². The van der Waals surface area contributed by atoms with Crippen molar-refractivity contribution >= 4 is 11.6 Å². The topological polar surface area (TPSA) is 32.3 Å². The Morgan fingerprint density at radius 1 is 1.67 bits per heavy atom. The molecule has 1 atom stereocenters. The number of aliphatic hydroxyl groups excluding tert-OH is 1. The summed E-state index contributed by atoms with van der Waals surface area (Å²) in [5, 5.41) is 11.8. The van der Waals surface area contributed by atoms with E-state index >= 15 is 0 Å². The molecular formula is C6H14ClNO. The first-order valence-corrected chi connectivity index (χ1v) is 3.82. The normalized spacial score (nSPS) is 13.7. The highest BCUT2D eigenvalue weighted by Gasteiger charge is 1.95. The second-order valence-electron chi connectivity index (χ2n) is 1.92. The maximum absolute atomic E-state index is 8.93. The third-order valence-corrected chi connectivity index (χ3v) is 1.34. The van der Waals surface area contributed by atoms with Gasteiger partial charge in [-0.15, -0.1) is 11.6 Å². The smallest absolute Gasteiger partial charge is 0.104 e. The van der Waals surface area contributed by atoms with E-state index < -0.39 is 0 Å². The molecule has 0 rings (SSSR count). The molecule has 0 aliphatic rings. The van der Waals surface area contributed by atoms with E-state index in [1.807, 2.05) is 6.92 Å². The highest BCUT2D eigenvalue weighted by Crippen LogP contribution is 1.85. The Bertz CT molecular complexity index is 61.0. The Labute approximate surface area is 61.2 Å². The third-order valence-electron chi connectivity index (χ3n) is 1.08. The average molecular weight is 152 g/mol. The minimum atomic E-state index is -0.354. The summed E-state index contributed by atoms with van der Waals surface area (Å²) in [6.07, 6.45) is 1.31.